The summed E-state index contributed by atoms with van der Waals surface area (Å²) < 4.78 is 1.76. The van der Waals surface area contributed by atoms with Gasteiger partial charge in [0.2, 0.25) is 5.91 Å². The van der Waals surface area contributed by atoms with E-state index in [1.54, 1.807) is 10.6 Å². The molecule has 0 spiro atoms. The first kappa shape index (κ1) is 20.0. The Kier molecular flexibility index (Phi) is 6.96. The first-order valence-corrected chi connectivity index (χ1v) is 10.8. The molecule has 6 heteroatoms. The molecule has 0 saturated carbocycles. The van der Waals surface area contributed by atoms with Gasteiger partial charge in [-0.05, 0) is 39.3 Å². The Bertz CT molecular complexity index is 849. The minimum atomic E-state index is -0.0156. The number of piperidine rings is 1. The Hall–Kier alpha value is -1.79. The van der Waals surface area contributed by atoms with E-state index in [9.17, 15) is 9.59 Å². The van der Waals surface area contributed by atoms with Gasteiger partial charge in [0.05, 0.1) is 11.3 Å². The van der Waals surface area contributed by atoms with Crippen LogP contribution in [0.3, 0.4) is 0 Å². The number of hydrogen-bond donors (Lipinski definition) is 1. The lowest BCUT2D eigenvalue weighted by Crippen LogP contribution is -2.42. The molecule has 5 nitrogen and oxygen atoms in total. The lowest BCUT2D eigenvalue weighted by molar-refractivity contribution is -0.118. The van der Waals surface area contributed by atoms with Gasteiger partial charge in [-0.15, -0.1) is 11.8 Å². The molecule has 0 aliphatic carbocycles. The van der Waals surface area contributed by atoms with Crippen LogP contribution in [-0.2, 0) is 11.3 Å². The Balaban J connectivity index is 1.57. The maximum atomic E-state index is 12.4. The number of likely N-dealkylation sites (tertiary alicyclic amines) is 1. The largest absolute Gasteiger partial charge is 0.354 e. The van der Waals surface area contributed by atoms with Crippen molar-refractivity contribution >= 4 is 28.6 Å². The molecule has 1 N–H and O–H groups in total. The first-order valence-electron chi connectivity index (χ1n) is 9.86. The SMILES string of the molecule is CCn1c(=O)cc(SCC(=O)NCCN2CCCCC2C)c2ccccc21. The monoisotopic (exact) mass is 387 g/mol. The molecule has 1 atom stereocenters. The van der Waals surface area contributed by atoms with Gasteiger partial charge in [-0.1, -0.05) is 24.6 Å². The Morgan fingerprint density at radius 2 is 2.11 bits per heavy atom. The smallest absolute Gasteiger partial charge is 0.252 e. The van der Waals surface area contributed by atoms with Gasteiger partial charge < -0.3 is 9.88 Å². The molecule has 1 aromatic heterocycles. The zero-order valence-corrected chi connectivity index (χ0v) is 17.1. The van der Waals surface area contributed by atoms with Crippen molar-refractivity contribution in [3.8, 4) is 0 Å². The van der Waals surface area contributed by atoms with Gasteiger partial charge in [0.25, 0.3) is 5.56 Å². The third-order valence-corrected chi connectivity index (χ3v) is 6.37. The fraction of sp³-hybridized carbons (Fsp3) is 0.524. The highest BCUT2D eigenvalue weighted by atomic mass is 32.2. The zero-order chi connectivity index (χ0) is 19.2. The molecule has 1 aliphatic heterocycles. The van der Waals surface area contributed by atoms with Crippen molar-refractivity contribution < 1.29 is 4.79 Å². The summed E-state index contributed by atoms with van der Waals surface area (Å²) in [7, 11) is 0. The molecule has 1 amide bonds. The fourth-order valence-electron chi connectivity index (χ4n) is 3.77. The lowest BCUT2D eigenvalue weighted by atomic mass is 10.0. The second kappa shape index (κ2) is 9.42. The number of thioether (sulfide) groups is 1. The number of pyridine rings is 1. The molecule has 27 heavy (non-hydrogen) atoms. The van der Waals surface area contributed by atoms with Crippen molar-refractivity contribution in [2.75, 3.05) is 25.4 Å². The van der Waals surface area contributed by atoms with E-state index in [2.05, 4.69) is 17.1 Å². The van der Waals surface area contributed by atoms with Crippen LogP contribution in [0.4, 0.5) is 0 Å². The molecule has 2 aromatic rings. The van der Waals surface area contributed by atoms with Crippen LogP contribution in [0, 0.1) is 0 Å². The highest BCUT2D eigenvalue weighted by Crippen LogP contribution is 2.26. The summed E-state index contributed by atoms with van der Waals surface area (Å²) in [6.07, 6.45) is 3.82. The second-order valence-corrected chi connectivity index (χ2v) is 8.14. The second-order valence-electron chi connectivity index (χ2n) is 7.13. The standard InChI is InChI=1S/C21H29N3O2S/c1-3-24-18-10-5-4-9-17(18)19(14-21(24)26)27-15-20(25)22-11-13-23-12-7-6-8-16(23)2/h4-5,9-10,14,16H,3,6-8,11-13,15H2,1-2H3,(H,22,25). The van der Waals surface area contributed by atoms with Crippen molar-refractivity contribution in [3.63, 3.8) is 0 Å². The van der Waals surface area contributed by atoms with Gasteiger partial charge in [0.1, 0.15) is 0 Å². The van der Waals surface area contributed by atoms with E-state index in [4.69, 9.17) is 0 Å². The minimum absolute atomic E-state index is 0.0156. The number of aryl methyl sites for hydroxylation is 1. The average molecular weight is 388 g/mol. The normalized spacial score (nSPS) is 17.9. The topological polar surface area (TPSA) is 54.3 Å². The Labute approximate surface area is 165 Å². The van der Waals surface area contributed by atoms with Gasteiger partial charge in [0.15, 0.2) is 0 Å². The molecule has 1 saturated heterocycles. The van der Waals surface area contributed by atoms with Crippen LogP contribution in [0.15, 0.2) is 40.0 Å². The number of aromatic nitrogens is 1. The van der Waals surface area contributed by atoms with Crippen molar-refractivity contribution in [1.82, 2.24) is 14.8 Å². The molecule has 1 aliphatic rings. The Morgan fingerprint density at radius 3 is 2.89 bits per heavy atom. The lowest BCUT2D eigenvalue weighted by Gasteiger charge is -2.33. The molecule has 1 fully saturated rings. The first-order chi connectivity index (χ1) is 13.1. The number of hydrogen-bond acceptors (Lipinski definition) is 4. The van der Waals surface area contributed by atoms with Gasteiger partial charge in [0, 0.05) is 42.0 Å². The highest BCUT2D eigenvalue weighted by Gasteiger charge is 2.17. The predicted molar refractivity (Wildman–Crippen MR) is 113 cm³/mol. The maximum Gasteiger partial charge on any atom is 0.252 e. The number of nitrogens with one attached hydrogen (secondary N) is 1. The highest BCUT2D eigenvalue weighted by molar-refractivity contribution is 8.00. The van der Waals surface area contributed by atoms with Crippen molar-refractivity contribution in [3.05, 3.63) is 40.7 Å². The summed E-state index contributed by atoms with van der Waals surface area (Å²) >= 11 is 1.44. The fourth-order valence-corrected chi connectivity index (χ4v) is 4.67. The van der Waals surface area contributed by atoms with Crippen LogP contribution in [0.5, 0.6) is 0 Å². The number of carbonyl (C=O) groups excluding carboxylic acids is 1. The van der Waals surface area contributed by atoms with Crippen molar-refractivity contribution in [2.24, 2.45) is 0 Å². The maximum absolute atomic E-state index is 12.4. The molecule has 1 unspecified atom stereocenters. The summed E-state index contributed by atoms with van der Waals surface area (Å²) in [5, 5.41) is 4.05. The van der Waals surface area contributed by atoms with Gasteiger partial charge in [-0.25, -0.2) is 0 Å². The van der Waals surface area contributed by atoms with Crippen LogP contribution in [-0.4, -0.2) is 46.8 Å². The quantitative estimate of drug-likeness (QED) is 0.742. The number of fused-ring (bicyclic) bond motifs is 1. The third-order valence-electron chi connectivity index (χ3n) is 5.32. The van der Waals surface area contributed by atoms with Crippen molar-refractivity contribution in [2.45, 2.75) is 50.6 Å². The summed E-state index contributed by atoms with van der Waals surface area (Å²) in [6, 6.07) is 10.1. The van der Waals surface area contributed by atoms with E-state index in [0.717, 1.165) is 28.9 Å². The molecular weight excluding hydrogens is 358 g/mol. The van der Waals surface area contributed by atoms with Crippen LogP contribution >= 0.6 is 11.8 Å². The van der Waals surface area contributed by atoms with E-state index in [1.807, 2.05) is 31.2 Å². The molecule has 0 radical (unpaired) electrons. The number of para-hydroxylation sites is 1. The number of benzene rings is 1. The molecular formula is C21H29N3O2S. The van der Waals surface area contributed by atoms with E-state index in [1.165, 1.54) is 31.0 Å². The summed E-state index contributed by atoms with van der Waals surface area (Å²) in [4.78, 5) is 27.9. The van der Waals surface area contributed by atoms with Crippen molar-refractivity contribution in [1.29, 1.82) is 0 Å². The molecule has 2 heterocycles. The number of nitrogens with zero attached hydrogens (tertiary/aromatic N) is 2. The predicted octanol–water partition coefficient (Wildman–Crippen LogP) is 3.10. The van der Waals surface area contributed by atoms with E-state index in [-0.39, 0.29) is 11.5 Å². The summed E-state index contributed by atoms with van der Waals surface area (Å²) in [5.74, 6) is 0.350. The average Bonchev–Trinajstić information content (AvgIpc) is 2.67. The molecule has 146 valence electrons. The summed E-state index contributed by atoms with van der Waals surface area (Å²) in [5.41, 5.74) is 0.910. The van der Waals surface area contributed by atoms with Crippen LogP contribution < -0.4 is 10.9 Å². The number of amides is 1. The molecule has 0 bridgehead atoms. The van der Waals surface area contributed by atoms with E-state index >= 15 is 0 Å². The molecule has 1 aromatic carbocycles. The minimum Gasteiger partial charge on any atom is -0.354 e. The summed E-state index contributed by atoms with van der Waals surface area (Å²) in [6.45, 7) is 7.60. The van der Waals surface area contributed by atoms with E-state index < -0.39 is 0 Å². The number of rotatable bonds is 7. The third kappa shape index (κ3) is 4.93. The van der Waals surface area contributed by atoms with Gasteiger partial charge in [-0.3, -0.25) is 14.5 Å². The molecule has 3 rings (SSSR count). The van der Waals surface area contributed by atoms with Crippen LogP contribution in [0.1, 0.15) is 33.1 Å². The number of carbonyl (C=O) groups is 1. The van der Waals surface area contributed by atoms with Gasteiger partial charge >= 0.3 is 0 Å². The van der Waals surface area contributed by atoms with Gasteiger partial charge in [-0.2, -0.15) is 0 Å². The van der Waals surface area contributed by atoms with Crippen LogP contribution in [0.25, 0.3) is 10.9 Å². The Morgan fingerprint density at radius 1 is 1.30 bits per heavy atom. The van der Waals surface area contributed by atoms with Crippen LogP contribution in [0.2, 0.25) is 0 Å². The van der Waals surface area contributed by atoms with E-state index in [0.29, 0.717) is 24.9 Å². The zero-order valence-electron chi connectivity index (χ0n) is 16.2.